The zero-order valence-electron chi connectivity index (χ0n) is 7.60. The van der Waals surface area contributed by atoms with Crippen LogP contribution in [0.2, 0.25) is 30.2 Å². The molecule has 0 amide bonds. The Morgan fingerprint density at radius 3 is 1.85 bits per heavy atom. The SMILES string of the molecule is C[Si](C)(C)Nc1nc(Cl)nc(Cl)n1. The Hall–Kier alpha value is -0.393. The molecule has 7 heteroatoms. The van der Waals surface area contributed by atoms with E-state index in [0.717, 1.165) is 0 Å². The first-order valence-corrected chi connectivity index (χ1v) is 7.98. The van der Waals surface area contributed by atoms with Gasteiger partial charge in [-0.2, -0.15) is 15.0 Å². The number of halogens is 2. The molecule has 4 nitrogen and oxygen atoms in total. The predicted octanol–water partition coefficient (Wildman–Crippen LogP) is 2.43. The van der Waals surface area contributed by atoms with Gasteiger partial charge in [-0.05, 0) is 23.2 Å². The summed E-state index contributed by atoms with van der Waals surface area (Å²) in [5.41, 5.74) is 0. The van der Waals surface area contributed by atoms with Crippen LogP contribution in [0.15, 0.2) is 0 Å². The Balaban J connectivity index is 2.90. The number of hydrogen-bond acceptors (Lipinski definition) is 4. The molecule has 0 atom stereocenters. The predicted molar refractivity (Wildman–Crippen MR) is 56.8 cm³/mol. The molecule has 72 valence electrons. The fourth-order valence-corrected chi connectivity index (χ4v) is 1.86. The first-order valence-electron chi connectivity index (χ1n) is 3.72. The number of hydrogen-bond donors (Lipinski definition) is 1. The van der Waals surface area contributed by atoms with Crippen molar-refractivity contribution in [3.63, 3.8) is 0 Å². The van der Waals surface area contributed by atoms with Crippen molar-refractivity contribution in [3.05, 3.63) is 10.6 Å². The first-order chi connectivity index (χ1) is 5.87. The molecule has 0 aliphatic heterocycles. The molecule has 0 radical (unpaired) electrons. The molecule has 0 aliphatic rings. The molecule has 0 saturated carbocycles. The minimum Gasteiger partial charge on any atom is -0.380 e. The summed E-state index contributed by atoms with van der Waals surface area (Å²) >= 11 is 11.2. The highest BCUT2D eigenvalue weighted by Gasteiger charge is 2.15. The normalized spacial score (nSPS) is 11.5. The Labute approximate surface area is 87.8 Å². The summed E-state index contributed by atoms with van der Waals surface area (Å²) in [6, 6.07) is 0. The van der Waals surface area contributed by atoms with Crippen molar-refractivity contribution in [1.82, 2.24) is 15.0 Å². The number of nitrogens with zero attached hydrogens (tertiary/aromatic N) is 3. The van der Waals surface area contributed by atoms with Gasteiger partial charge in [-0.3, -0.25) is 0 Å². The highest BCUT2D eigenvalue weighted by molar-refractivity contribution is 6.79. The molecule has 0 spiro atoms. The molecule has 13 heavy (non-hydrogen) atoms. The second kappa shape index (κ2) is 3.77. The second-order valence-corrected chi connectivity index (χ2v) is 9.00. The summed E-state index contributed by atoms with van der Waals surface area (Å²) in [5.74, 6) is 0.448. The van der Waals surface area contributed by atoms with E-state index < -0.39 is 8.24 Å². The fraction of sp³-hybridized carbons (Fsp3) is 0.500. The van der Waals surface area contributed by atoms with Crippen LogP contribution in [0.25, 0.3) is 0 Å². The third kappa shape index (κ3) is 3.88. The summed E-state index contributed by atoms with van der Waals surface area (Å²) in [7, 11) is -1.46. The van der Waals surface area contributed by atoms with E-state index in [1.54, 1.807) is 0 Å². The molecule has 1 aromatic heterocycles. The van der Waals surface area contributed by atoms with Crippen molar-refractivity contribution >= 4 is 37.4 Å². The van der Waals surface area contributed by atoms with Crippen molar-refractivity contribution in [3.8, 4) is 0 Å². The van der Waals surface area contributed by atoms with Gasteiger partial charge in [0.15, 0.2) is 0 Å². The maximum absolute atomic E-state index is 5.61. The van der Waals surface area contributed by atoms with Gasteiger partial charge in [0.2, 0.25) is 16.5 Å². The van der Waals surface area contributed by atoms with E-state index in [2.05, 4.69) is 39.6 Å². The molecule has 0 bridgehead atoms. The van der Waals surface area contributed by atoms with E-state index in [4.69, 9.17) is 23.2 Å². The molecule has 0 unspecified atom stereocenters. The van der Waals surface area contributed by atoms with Crippen LogP contribution >= 0.6 is 23.2 Å². The van der Waals surface area contributed by atoms with E-state index in [-0.39, 0.29) is 10.6 Å². The Morgan fingerprint density at radius 1 is 1.00 bits per heavy atom. The van der Waals surface area contributed by atoms with Gasteiger partial charge in [0, 0.05) is 0 Å². The van der Waals surface area contributed by atoms with E-state index in [9.17, 15) is 0 Å². The van der Waals surface area contributed by atoms with Crippen LogP contribution in [0.3, 0.4) is 0 Å². The molecule has 0 aliphatic carbocycles. The molecule has 1 heterocycles. The number of rotatable bonds is 2. The van der Waals surface area contributed by atoms with Crippen molar-refractivity contribution in [2.24, 2.45) is 0 Å². The Kier molecular flexibility index (Phi) is 3.10. The van der Waals surface area contributed by atoms with Crippen molar-refractivity contribution in [2.45, 2.75) is 19.6 Å². The molecular weight excluding hydrogens is 227 g/mol. The molecule has 1 aromatic rings. The topological polar surface area (TPSA) is 50.7 Å². The lowest BCUT2D eigenvalue weighted by Crippen LogP contribution is -2.33. The Morgan fingerprint density at radius 2 is 1.46 bits per heavy atom. The number of anilines is 1. The highest BCUT2D eigenvalue weighted by Crippen LogP contribution is 2.12. The summed E-state index contributed by atoms with van der Waals surface area (Å²) < 4.78 is 0. The number of nitrogens with one attached hydrogen (secondary N) is 1. The molecule has 1 rings (SSSR count). The lowest BCUT2D eigenvalue weighted by molar-refractivity contribution is 1.06. The van der Waals surface area contributed by atoms with Gasteiger partial charge in [-0.25, -0.2) is 0 Å². The molecule has 0 fully saturated rings. The maximum Gasteiger partial charge on any atom is 0.228 e. The lowest BCUT2D eigenvalue weighted by Gasteiger charge is -2.17. The third-order valence-electron chi connectivity index (χ3n) is 1.07. The van der Waals surface area contributed by atoms with Gasteiger partial charge in [-0.1, -0.05) is 19.6 Å². The monoisotopic (exact) mass is 236 g/mol. The standard InChI is InChI=1S/C6H10Cl2N4Si/c1-13(2,3)12-6-10-4(7)9-5(8)11-6/h1-3H3,(H,9,10,11,12). The first kappa shape index (κ1) is 10.7. The summed E-state index contributed by atoms with van der Waals surface area (Å²) in [5, 5.41) is 0.224. The Bertz CT molecular complexity index is 292. The third-order valence-corrected chi connectivity index (χ3v) is 2.38. The summed E-state index contributed by atoms with van der Waals surface area (Å²) in [6.45, 7) is 6.37. The maximum atomic E-state index is 5.61. The average molecular weight is 237 g/mol. The van der Waals surface area contributed by atoms with Crippen LogP contribution in [0, 0.1) is 0 Å². The van der Waals surface area contributed by atoms with Crippen LogP contribution in [0.5, 0.6) is 0 Å². The van der Waals surface area contributed by atoms with E-state index in [1.807, 2.05) is 0 Å². The average Bonchev–Trinajstić information content (AvgIpc) is 1.78. The second-order valence-electron chi connectivity index (χ2n) is 3.57. The van der Waals surface area contributed by atoms with Crippen molar-refractivity contribution in [2.75, 3.05) is 4.98 Å². The van der Waals surface area contributed by atoms with Gasteiger partial charge in [-0.15, -0.1) is 0 Å². The zero-order valence-corrected chi connectivity index (χ0v) is 10.1. The van der Waals surface area contributed by atoms with Crippen molar-refractivity contribution in [1.29, 1.82) is 0 Å². The van der Waals surface area contributed by atoms with Crippen LogP contribution < -0.4 is 4.98 Å². The highest BCUT2D eigenvalue weighted by atomic mass is 35.5. The summed E-state index contributed by atoms with van der Waals surface area (Å²) in [6.07, 6.45) is 0. The summed E-state index contributed by atoms with van der Waals surface area (Å²) in [4.78, 5) is 14.6. The van der Waals surface area contributed by atoms with Gasteiger partial charge in [0.05, 0.1) is 0 Å². The van der Waals surface area contributed by atoms with Gasteiger partial charge >= 0.3 is 0 Å². The smallest absolute Gasteiger partial charge is 0.228 e. The zero-order chi connectivity index (χ0) is 10.1. The van der Waals surface area contributed by atoms with E-state index in [0.29, 0.717) is 5.95 Å². The van der Waals surface area contributed by atoms with E-state index >= 15 is 0 Å². The van der Waals surface area contributed by atoms with Crippen molar-refractivity contribution < 1.29 is 0 Å². The minimum atomic E-state index is -1.46. The molecule has 1 N–H and O–H groups in total. The van der Waals surface area contributed by atoms with Crippen LogP contribution in [-0.2, 0) is 0 Å². The lowest BCUT2D eigenvalue weighted by atomic mass is 11.0. The van der Waals surface area contributed by atoms with Gasteiger partial charge in [0.1, 0.15) is 8.24 Å². The molecule has 0 aromatic carbocycles. The van der Waals surface area contributed by atoms with E-state index in [1.165, 1.54) is 0 Å². The number of aromatic nitrogens is 3. The quantitative estimate of drug-likeness (QED) is 0.802. The largest absolute Gasteiger partial charge is 0.380 e. The van der Waals surface area contributed by atoms with Gasteiger partial charge < -0.3 is 4.98 Å². The molecule has 0 saturated heterocycles. The fourth-order valence-electron chi connectivity index (χ4n) is 0.717. The molecular formula is C6H10Cl2N4Si. The minimum absolute atomic E-state index is 0.112. The van der Waals surface area contributed by atoms with Crippen LogP contribution in [-0.4, -0.2) is 23.2 Å². The van der Waals surface area contributed by atoms with Gasteiger partial charge in [0.25, 0.3) is 0 Å². The van der Waals surface area contributed by atoms with Crippen LogP contribution in [0.1, 0.15) is 0 Å². The van der Waals surface area contributed by atoms with Crippen LogP contribution in [0.4, 0.5) is 5.95 Å².